The molecule has 1 heterocycles. The largest absolute Gasteiger partial charge is 0.493 e. The van der Waals surface area contributed by atoms with Crippen LogP contribution in [0.3, 0.4) is 0 Å². The number of rotatable bonds is 7. The van der Waals surface area contributed by atoms with Gasteiger partial charge in [0.1, 0.15) is 5.75 Å². The number of benzene rings is 2. The molecule has 1 aliphatic carbocycles. The maximum atomic E-state index is 11.2. The predicted molar refractivity (Wildman–Crippen MR) is 108 cm³/mol. The zero-order valence-corrected chi connectivity index (χ0v) is 16.2. The van der Waals surface area contributed by atoms with E-state index < -0.39 is 0 Å². The molecule has 2 fully saturated rings. The van der Waals surface area contributed by atoms with E-state index in [2.05, 4.69) is 58.7 Å². The quantitative estimate of drug-likeness (QED) is 0.797. The Morgan fingerprint density at radius 1 is 1.11 bits per heavy atom. The van der Waals surface area contributed by atoms with Crippen molar-refractivity contribution in [3.8, 4) is 5.75 Å². The SMILES string of the molecule is CC(=O)N[C@@H](C)c1ccc(C2CN(c3ccc(OCC4CC4)cc3)C2)cc1. The van der Waals surface area contributed by atoms with Gasteiger partial charge in [-0.25, -0.2) is 0 Å². The highest BCUT2D eigenvalue weighted by Gasteiger charge is 2.28. The third kappa shape index (κ3) is 4.44. The van der Waals surface area contributed by atoms with Gasteiger partial charge < -0.3 is 15.0 Å². The smallest absolute Gasteiger partial charge is 0.217 e. The van der Waals surface area contributed by atoms with E-state index in [1.165, 1.54) is 24.1 Å². The highest BCUT2D eigenvalue weighted by Crippen LogP contribution is 2.33. The maximum Gasteiger partial charge on any atom is 0.217 e. The number of anilines is 1. The van der Waals surface area contributed by atoms with Crippen LogP contribution in [0, 0.1) is 5.92 Å². The summed E-state index contributed by atoms with van der Waals surface area (Å²) in [6, 6.07) is 17.2. The molecule has 1 saturated carbocycles. The van der Waals surface area contributed by atoms with Crippen LogP contribution in [0.1, 0.15) is 49.8 Å². The number of hydrogen-bond donors (Lipinski definition) is 1. The minimum atomic E-state index is 0.00479. The van der Waals surface area contributed by atoms with Crippen molar-refractivity contribution in [2.24, 2.45) is 5.92 Å². The molecular weight excluding hydrogens is 336 g/mol. The van der Waals surface area contributed by atoms with Gasteiger partial charge in [-0.15, -0.1) is 0 Å². The second kappa shape index (κ2) is 7.63. The number of nitrogens with zero attached hydrogens (tertiary/aromatic N) is 1. The number of carbonyl (C=O) groups excluding carboxylic acids is 1. The molecule has 0 unspecified atom stereocenters. The lowest BCUT2D eigenvalue weighted by atomic mass is 9.90. The first-order chi connectivity index (χ1) is 13.1. The molecule has 0 radical (unpaired) electrons. The molecule has 27 heavy (non-hydrogen) atoms. The van der Waals surface area contributed by atoms with Crippen LogP contribution < -0.4 is 15.0 Å². The normalized spacial score (nSPS) is 17.9. The minimum Gasteiger partial charge on any atom is -0.493 e. The fraction of sp³-hybridized carbons (Fsp3) is 0.435. The molecule has 0 aromatic heterocycles. The predicted octanol–water partition coefficient (Wildman–Crippen LogP) is 4.28. The second-order valence-electron chi connectivity index (χ2n) is 7.94. The molecule has 2 aliphatic rings. The molecule has 1 saturated heterocycles. The van der Waals surface area contributed by atoms with E-state index >= 15 is 0 Å². The Morgan fingerprint density at radius 3 is 2.37 bits per heavy atom. The Kier molecular flexibility index (Phi) is 5.06. The van der Waals surface area contributed by atoms with Crippen molar-refractivity contribution in [2.75, 3.05) is 24.6 Å². The molecule has 2 aromatic carbocycles. The van der Waals surface area contributed by atoms with Crippen molar-refractivity contribution in [3.05, 3.63) is 59.7 Å². The molecule has 1 aliphatic heterocycles. The molecule has 4 heteroatoms. The molecule has 4 rings (SSSR count). The van der Waals surface area contributed by atoms with Gasteiger partial charge in [-0.1, -0.05) is 24.3 Å². The van der Waals surface area contributed by atoms with Crippen LogP contribution in [0.4, 0.5) is 5.69 Å². The summed E-state index contributed by atoms with van der Waals surface area (Å²) in [6.07, 6.45) is 2.64. The van der Waals surface area contributed by atoms with Gasteiger partial charge in [-0.05, 0) is 61.1 Å². The highest BCUT2D eigenvalue weighted by molar-refractivity contribution is 5.73. The van der Waals surface area contributed by atoms with Crippen LogP contribution in [-0.2, 0) is 4.79 Å². The Bertz CT molecular complexity index is 775. The summed E-state index contributed by atoms with van der Waals surface area (Å²) in [4.78, 5) is 13.6. The molecule has 2 aromatic rings. The molecule has 0 bridgehead atoms. The number of hydrogen-bond acceptors (Lipinski definition) is 3. The molecule has 1 atom stereocenters. The van der Waals surface area contributed by atoms with E-state index in [0.717, 1.165) is 36.9 Å². The van der Waals surface area contributed by atoms with Crippen molar-refractivity contribution in [1.82, 2.24) is 5.32 Å². The van der Waals surface area contributed by atoms with Crippen LogP contribution >= 0.6 is 0 Å². The van der Waals surface area contributed by atoms with Gasteiger partial charge >= 0.3 is 0 Å². The second-order valence-corrected chi connectivity index (χ2v) is 7.94. The number of amides is 1. The van der Waals surface area contributed by atoms with E-state index in [4.69, 9.17) is 4.74 Å². The number of carbonyl (C=O) groups is 1. The molecule has 1 amide bonds. The van der Waals surface area contributed by atoms with Gasteiger partial charge in [0.15, 0.2) is 0 Å². The molecule has 142 valence electrons. The summed E-state index contributed by atoms with van der Waals surface area (Å²) in [7, 11) is 0. The standard InChI is InChI=1S/C23H28N2O2/c1-16(24-17(2)26)19-5-7-20(8-6-19)21-13-25(14-21)22-9-11-23(12-10-22)27-15-18-3-4-18/h5-12,16,18,21H,3-4,13-15H2,1-2H3,(H,24,26)/t16-/m0/s1. The third-order valence-corrected chi connectivity index (χ3v) is 5.59. The van der Waals surface area contributed by atoms with E-state index in [9.17, 15) is 4.79 Å². The number of ether oxygens (including phenoxy) is 1. The van der Waals surface area contributed by atoms with Crippen LogP contribution in [0.15, 0.2) is 48.5 Å². The highest BCUT2D eigenvalue weighted by atomic mass is 16.5. The van der Waals surface area contributed by atoms with Gasteiger partial charge in [0, 0.05) is 31.6 Å². The van der Waals surface area contributed by atoms with E-state index in [1.807, 2.05) is 6.92 Å². The van der Waals surface area contributed by atoms with E-state index in [1.54, 1.807) is 6.92 Å². The van der Waals surface area contributed by atoms with Crippen LogP contribution in [-0.4, -0.2) is 25.6 Å². The summed E-state index contributed by atoms with van der Waals surface area (Å²) < 4.78 is 5.82. The molecule has 0 spiro atoms. The fourth-order valence-corrected chi connectivity index (χ4v) is 3.60. The summed E-state index contributed by atoms with van der Waals surface area (Å²) in [5.41, 5.74) is 3.78. The Hall–Kier alpha value is -2.49. The van der Waals surface area contributed by atoms with Crippen molar-refractivity contribution < 1.29 is 9.53 Å². The molecule has 4 nitrogen and oxygen atoms in total. The summed E-state index contributed by atoms with van der Waals surface area (Å²) in [5.74, 6) is 2.34. The van der Waals surface area contributed by atoms with Crippen LogP contribution in [0.25, 0.3) is 0 Å². The van der Waals surface area contributed by atoms with E-state index in [-0.39, 0.29) is 11.9 Å². The summed E-state index contributed by atoms with van der Waals surface area (Å²) in [5, 5.41) is 2.93. The topological polar surface area (TPSA) is 41.6 Å². The van der Waals surface area contributed by atoms with Crippen molar-refractivity contribution in [3.63, 3.8) is 0 Å². The van der Waals surface area contributed by atoms with Crippen molar-refractivity contribution >= 4 is 11.6 Å². The van der Waals surface area contributed by atoms with Gasteiger partial charge in [-0.3, -0.25) is 4.79 Å². The van der Waals surface area contributed by atoms with Crippen molar-refractivity contribution in [2.45, 2.75) is 38.6 Å². The van der Waals surface area contributed by atoms with E-state index in [0.29, 0.717) is 5.92 Å². The minimum absolute atomic E-state index is 0.00479. The van der Waals surface area contributed by atoms with Gasteiger partial charge in [0.05, 0.1) is 12.6 Å². The Morgan fingerprint density at radius 2 is 1.78 bits per heavy atom. The average Bonchev–Trinajstić information content (AvgIpc) is 3.44. The summed E-state index contributed by atoms with van der Waals surface area (Å²) >= 11 is 0. The lowest BCUT2D eigenvalue weighted by Crippen LogP contribution is -2.45. The van der Waals surface area contributed by atoms with Gasteiger partial charge in [0.25, 0.3) is 0 Å². The third-order valence-electron chi connectivity index (χ3n) is 5.59. The zero-order valence-electron chi connectivity index (χ0n) is 16.2. The Labute approximate surface area is 161 Å². The molecular formula is C23H28N2O2. The lowest BCUT2D eigenvalue weighted by molar-refractivity contribution is -0.119. The van der Waals surface area contributed by atoms with Gasteiger partial charge in [0.2, 0.25) is 5.91 Å². The first kappa shape index (κ1) is 17.9. The average molecular weight is 364 g/mol. The van der Waals surface area contributed by atoms with Crippen molar-refractivity contribution in [1.29, 1.82) is 0 Å². The maximum absolute atomic E-state index is 11.2. The van der Waals surface area contributed by atoms with Gasteiger partial charge in [-0.2, -0.15) is 0 Å². The monoisotopic (exact) mass is 364 g/mol. The fourth-order valence-electron chi connectivity index (χ4n) is 3.60. The zero-order chi connectivity index (χ0) is 18.8. The first-order valence-corrected chi connectivity index (χ1v) is 9.93. The van der Waals surface area contributed by atoms with Crippen LogP contribution in [0.2, 0.25) is 0 Å². The lowest BCUT2D eigenvalue weighted by Gasteiger charge is -2.41. The first-order valence-electron chi connectivity index (χ1n) is 9.93. The number of nitrogens with one attached hydrogen (secondary N) is 1. The summed E-state index contributed by atoms with van der Waals surface area (Å²) in [6.45, 7) is 6.52. The Balaban J connectivity index is 1.29. The molecule has 1 N–H and O–H groups in total. The van der Waals surface area contributed by atoms with Crippen LogP contribution in [0.5, 0.6) is 5.75 Å².